The van der Waals surface area contributed by atoms with Crippen LogP contribution in [0.5, 0.6) is 0 Å². The third-order valence-corrected chi connectivity index (χ3v) is 4.70. The Morgan fingerprint density at radius 1 is 1.39 bits per heavy atom. The maximum atomic E-state index is 12.2. The molecule has 0 unspecified atom stereocenters. The van der Waals surface area contributed by atoms with E-state index in [0.717, 1.165) is 28.3 Å². The van der Waals surface area contributed by atoms with Gasteiger partial charge in [-0.25, -0.2) is 0 Å². The molecule has 1 amide bonds. The number of carbonyl (C=O) groups is 1. The smallest absolute Gasteiger partial charge is 0.274 e. The predicted molar refractivity (Wildman–Crippen MR) is 86.5 cm³/mol. The minimum absolute atomic E-state index is 0.232. The van der Waals surface area contributed by atoms with Crippen molar-refractivity contribution < 1.29 is 9.32 Å². The van der Waals surface area contributed by atoms with Crippen molar-refractivity contribution >= 4 is 22.9 Å². The zero-order valence-electron chi connectivity index (χ0n) is 12.4. The Morgan fingerprint density at radius 3 is 3.00 bits per heavy atom. The lowest BCUT2D eigenvalue weighted by atomic mass is 10.3. The first-order valence-corrected chi connectivity index (χ1v) is 8.19. The van der Waals surface area contributed by atoms with Gasteiger partial charge in [0.25, 0.3) is 5.91 Å². The summed E-state index contributed by atoms with van der Waals surface area (Å²) in [6, 6.07) is 7.12. The third-order valence-electron chi connectivity index (χ3n) is 3.65. The Hall–Kier alpha value is -2.54. The number of aryl methyl sites for hydroxylation is 1. The molecule has 0 atom stereocenters. The molecule has 7 heteroatoms. The van der Waals surface area contributed by atoms with Crippen molar-refractivity contribution in [1.82, 2.24) is 15.1 Å². The molecule has 3 aromatic heterocycles. The fourth-order valence-corrected chi connectivity index (χ4v) is 3.13. The van der Waals surface area contributed by atoms with Crippen LogP contribution in [0.2, 0.25) is 0 Å². The molecule has 3 aromatic rings. The highest BCUT2D eigenvalue weighted by Crippen LogP contribution is 2.40. The van der Waals surface area contributed by atoms with Crippen LogP contribution in [0.25, 0.3) is 10.7 Å². The van der Waals surface area contributed by atoms with E-state index in [0.29, 0.717) is 23.3 Å². The zero-order chi connectivity index (χ0) is 15.8. The molecule has 116 valence electrons. The van der Waals surface area contributed by atoms with Gasteiger partial charge < -0.3 is 9.84 Å². The van der Waals surface area contributed by atoms with Gasteiger partial charge in [-0.2, -0.15) is 4.98 Å². The highest BCUT2D eigenvalue weighted by molar-refractivity contribution is 7.16. The third kappa shape index (κ3) is 2.87. The van der Waals surface area contributed by atoms with Crippen LogP contribution in [0.4, 0.5) is 5.69 Å². The minimum Gasteiger partial charge on any atom is -0.339 e. The van der Waals surface area contributed by atoms with Crippen LogP contribution in [0.1, 0.15) is 40.0 Å². The van der Waals surface area contributed by atoms with Crippen LogP contribution >= 0.6 is 11.3 Å². The van der Waals surface area contributed by atoms with E-state index in [1.807, 2.05) is 13.0 Å². The second-order valence-electron chi connectivity index (χ2n) is 5.48. The molecule has 23 heavy (non-hydrogen) atoms. The molecule has 1 N–H and O–H groups in total. The summed E-state index contributed by atoms with van der Waals surface area (Å²) in [5.74, 6) is 1.49. The number of pyridine rings is 1. The minimum atomic E-state index is -0.232. The van der Waals surface area contributed by atoms with Crippen LogP contribution in [0.3, 0.4) is 0 Å². The lowest BCUT2D eigenvalue weighted by molar-refractivity contribution is 0.102. The number of anilines is 1. The predicted octanol–water partition coefficient (Wildman–Crippen LogP) is 3.63. The van der Waals surface area contributed by atoms with Gasteiger partial charge in [0, 0.05) is 17.0 Å². The summed E-state index contributed by atoms with van der Waals surface area (Å²) in [7, 11) is 0. The molecule has 6 nitrogen and oxygen atoms in total. The van der Waals surface area contributed by atoms with Gasteiger partial charge in [0.05, 0.1) is 10.6 Å². The van der Waals surface area contributed by atoms with Crippen LogP contribution in [-0.2, 0) is 0 Å². The Bertz CT molecular complexity index is 852. The van der Waals surface area contributed by atoms with Crippen LogP contribution in [-0.4, -0.2) is 21.0 Å². The van der Waals surface area contributed by atoms with Crippen molar-refractivity contribution in [2.24, 2.45) is 0 Å². The molecule has 3 heterocycles. The summed E-state index contributed by atoms with van der Waals surface area (Å²) in [6.45, 7) is 1.95. The van der Waals surface area contributed by atoms with Gasteiger partial charge in [-0.15, -0.1) is 11.3 Å². The maximum absolute atomic E-state index is 12.2. The van der Waals surface area contributed by atoms with Gasteiger partial charge in [-0.1, -0.05) is 11.2 Å². The van der Waals surface area contributed by atoms with Gasteiger partial charge in [0.15, 0.2) is 0 Å². The van der Waals surface area contributed by atoms with E-state index in [1.165, 1.54) is 11.3 Å². The van der Waals surface area contributed by atoms with Crippen LogP contribution in [0.15, 0.2) is 35.0 Å². The van der Waals surface area contributed by atoms with Gasteiger partial charge >= 0.3 is 0 Å². The van der Waals surface area contributed by atoms with E-state index in [-0.39, 0.29) is 5.91 Å². The Kier molecular flexibility index (Phi) is 3.42. The summed E-state index contributed by atoms with van der Waals surface area (Å²) >= 11 is 1.53. The fraction of sp³-hybridized carbons (Fsp3) is 0.250. The average molecular weight is 326 g/mol. The molecule has 0 aliphatic heterocycles. The fourth-order valence-electron chi connectivity index (χ4n) is 2.23. The van der Waals surface area contributed by atoms with Crippen molar-refractivity contribution in [3.05, 3.63) is 46.9 Å². The van der Waals surface area contributed by atoms with Gasteiger partial charge in [0.2, 0.25) is 11.7 Å². The van der Waals surface area contributed by atoms with Crippen molar-refractivity contribution in [2.75, 3.05) is 5.32 Å². The van der Waals surface area contributed by atoms with Crippen LogP contribution < -0.4 is 5.32 Å². The Morgan fingerprint density at radius 2 is 2.26 bits per heavy atom. The molecule has 0 radical (unpaired) electrons. The summed E-state index contributed by atoms with van der Waals surface area (Å²) in [5.41, 5.74) is 1.13. The zero-order valence-corrected chi connectivity index (χ0v) is 13.3. The molecular weight excluding hydrogens is 312 g/mol. The number of hydrogen-bond donors (Lipinski definition) is 1. The second-order valence-corrected chi connectivity index (χ2v) is 6.74. The molecule has 4 rings (SSSR count). The molecule has 1 saturated carbocycles. The van der Waals surface area contributed by atoms with E-state index in [4.69, 9.17) is 4.52 Å². The number of nitrogens with one attached hydrogen (secondary N) is 1. The molecule has 1 fully saturated rings. The van der Waals surface area contributed by atoms with E-state index in [1.54, 1.807) is 24.4 Å². The molecular formula is C16H14N4O2S. The number of thiophene rings is 1. The average Bonchev–Trinajstić information content (AvgIpc) is 3.19. The summed E-state index contributed by atoms with van der Waals surface area (Å²) in [4.78, 5) is 22.6. The lowest BCUT2D eigenvalue weighted by Gasteiger charge is -2.02. The van der Waals surface area contributed by atoms with Gasteiger partial charge in [-0.3, -0.25) is 9.78 Å². The molecule has 0 spiro atoms. The highest BCUT2D eigenvalue weighted by Gasteiger charge is 2.30. The summed E-state index contributed by atoms with van der Waals surface area (Å²) < 4.78 is 5.29. The molecule has 0 bridgehead atoms. The van der Waals surface area contributed by atoms with Crippen molar-refractivity contribution in [3.8, 4) is 10.7 Å². The first-order chi connectivity index (χ1) is 11.2. The van der Waals surface area contributed by atoms with Crippen LogP contribution in [0, 0.1) is 6.92 Å². The lowest BCUT2D eigenvalue weighted by Crippen LogP contribution is -2.13. The molecule has 0 saturated heterocycles. The number of nitrogens with zero attached hydrogens (tertiary/aromatic N) is 3. The van der Waals surface area contributed by atoms with Gasteiger partial charge in [-0.05, 0) is 38.0 Å². The van der Waals surface area contributed by atoms with Crippen molar-refractivity contribution in [3.63, 3.8) is 0 Å². The quantitative estimate of drug-likeness (QED) is 0.792. The van der Waals surface area contributed by atoms with Crippen molar-refractivity contribution in [2.45, 2.75) is 25.7 Å². The maximum Gasteiger partial charge on any atom is 0.274 e. The number of hydrogen-bond acceptors (Lipinski definition) is 6. The topological polar surface area (TPSA) is 80.9 Å². The SMILES string of the molecule is Cc1sc(-c2noc(C3CC3)n2)cc1NC(=O)c1ccccn1. The number of carbonyl (C=O) groups excluding carboxylic acids is 1. The van der Waals surface area contributed by atoms with E-state index >= 15 is 0 Å². The molecule has 0 aromatic carbocycles. The summed E-state index contributed by atoms with van der Waals surface area (Å²) in [5, 5.41) is 6.92. The van der Waals surface area contributed by atoms with Crippen molar-refractivity contribution in [1.29, 1.82) is 0 Å². The first kappa shape index (κ1) is 14.1. The highest BCUT2D eigenvalue weighted by atomic mass is 32.1. The summed E-state index contributed by atoms with van der Waals surface area (Å²) in [6.07, 6.45) is 3.84. The first-order valence-electron chi connectivity index (χ1n) is 7.37. The Balaban J connectivity index is 1.55. The Labute approximate surface area is 136 Å². The number of amides is 1. The van der Waals surface area contributed by atoms with Gasteiger partial charge in [0.1, 0.15) is 5.69 Å². The normalized spacial score (nSPS) is 14.0. The van der Waals surface area contributed by atoms with E-state index in [9.17, 15) is 4.79 Å². The number of aromatic nitrogens is 3. The van der Waals surface area contributed by atoms with E-state index in [2.05, 4.69) is 20.4 Å². The molecule has 1 aliphatic carbocycles. The largest absolute Gasteiger partial charge is 0.339 e. The molecule has 1 aliphatic rings. The van der Waals surface area contributed by atoms with E-state index < -0.39 is 0 Å². The standard InChI is InChI=1S/C16H14N4O2S/c1-9-12(18-15(21)11-4-2-3-7-17-11)8-13(23-9)14-19-16(22-20-14)10-5-6-10/h2-4,7-8,10H,5-6H2,1H3,(H,18,21). The second kappa shape index (κ2) is 5.58. The number of rotatable bonds is 4. The monoisotopic (exact) mass is 326 g/mol.